The van der Waals surface area contributed by atoms with Gasteiger partial charge < -0.3 is 9.88 Å². The van der Waals surface area contributed by atoms with E-state index in [1.165, 1.54) is 18.3 Å². The summed E-state index contributed by atoms with van der Waals surface area (Å²) in [5.41, 5.74) is 1.80. The Balaban J connectivity index is 1.52. The first-order chi connectivity index (χ1) is 12.7. The van der Waals surface area contributed by atoms with Gasteiger partial charge in [0.05, 0.1) is 11.3 Å². The molecule has 0 aliphatic rings. The summed E-state index contributed by atoms with van der Waals surface area (Å²) >= 11 is 0. The normalized spacial score (nSPS) is 10.7. The maximum atomic E-state index is 13.3. The second-order valence-corrected chi connectivity index (χ2v) is 5.94. The number of hydrogen-bond acceptors (Lipinski definition) is 3. The number of aromatic nitrogens is 3. The van der Waals surface area contributed by atoms with Crippen molar-refractivity contribution < 1.29 is 9.18 Å². The van der Waals surface area contributed by atoms with Crippen LogP contribution in [0.3, 0.4) is 0 Å². The molecule has 134 valence electrons. The van der Waals surface area contributed by atoms with Crippen molar-refractivity contribution in [1.29, 1.82) is 0 Å². The van der Waals surface area contributed by atoms with Gasteiger partial charge in [-0.2, -0.15) is 0 Å². The third kappa shape index (κ3) is 4.33. The molecule has 0 atom stereocenters. The van der Waals surface area contributed by atoms with Gasteiger partial charge in [-0.1, -0.05) is 19.1 Å². The highest BCUT2D eigenvalue weighted by molar-refractivity contribution is 5.94. The SMILES string of the molecule is CCc1nccn1CCCNC(=O)c1ccc(-c2cccc(F)c2)nc1. The Morgan fingerprint density at radius 1 is 1.23 bits per heavy atom. The summed E-state index contributed by atoms with van der Waals surface area (Å²) in [6, 6.07) is 9.65. The van der Waals surface area contributed by atoms with Gasteiger partial charge in [-0.25, -0.2) is 9.37 Å². The summed E-state index contributed by atoms with van der Waals surface area (Å²) < 4.78 is 15.4. The highest BCUT2D eigenvalue weighted by Crippen LogP contribution is 2.17. The largest absolute Gasteiger partial charge is 0.352 e. The molecule has 0 aliphatic heterocycles. The quantitative estimate of drug-likeness (QED) is 0.663. The standard InChI is InChI=1S/C20H21FN4O/c1-2-19-22-10-12-25(19)11-4-9-23-20(26)16-7-8-18(24-14-16)15-5-3-6-17(21)13-15/h3,5-8,10,12-14H,2,4,9,11H2,1H3,(H,23,26). The van der Waals surface area contributed by atoms with E-state index in [0.717, 1.165) is 25.2 Å². The predicted octanol–water partition coefficient (Wildman–Crippen LogP) is 3.47. The number of pyridine rings is 1. The van der Waals surface area contributed by atoms with Gasteiger partial charge in [0.1, 0.15) is 11.6 Å². The second-order valence-electron chi connectivity index (χ2n) is 5.94. The molecule has 0 unspecified atom stereocenters. The van der Waals surface area contributed by atoms with Gasteiger partial charge in [0.25, 0.3) is 5.91 Å². The molecule has 26 heavy (non-hydrogen) atoms. The van der Waals surface area contributed by atoms with E-state index in [0.29, 0.717) is 23.4 Å². The zero-order valence-electron chi connectivity index (χ0n) is 14.7. The molecule has 0 saturated heterocycles. The molecule has 1 N–H and O–H groups in total. The first-order valence-electron chi connectivity index (χ1n) is 8.67. The Bertz CT molecular complexity index is 874. The number of aryl methyl sites for hydroxylation is 2. The third-order valence-electron chi connectivity index (χ3n) is 4.13. The number of halogens is 1. The lowest BCUT2D eigenvalue weighted by atomic mass is 10.1. The van der Waals surface area contributed by atoms with Crippen LogP contribution in [0.2, 0.25) is 0 Å². The van der Waals surface area contributed by atoms with Crippen LogP contribution in [0.5, 0.6) is 0 Å². The minimum atomic E-state index is -0.310. The van der Waals surface area contributed by atoms with E-state index in [4.69, 9.17) is 0 Å². The number of nitrogens with zero attached hydrogens (tertiary/aromatic N) is 3. The van der Waals surface area contributed by atoms with E-state index >= 15 is 0 Å². The van der Waals surface area contributed by atoms with Gasteiger partial charge in [0, 0.05) is 43.7 Å². The van der Waals surface area contributed by atoms with E-state index in [-0.39, 0.29) is 11.7 Å². The summed E-state index contributed by atoms with van der Waals surface area (Å²) in [6.45, 7) is 3.47. The topological polar surface area (TPSA) is 59.8 Å². The van der Waals surface area contributed by atoms with Crippen molar-refractivity contribution in [3.63, 3.8) is 0 Å². The van der Waals surface area contributed by atoms with Crippen molar-refractivity contribution in [2.75, 3.05) is 6.54 Å². The highest BCUT2D eigenvalue weighted by atomic mass is 19.1. The summed E-state index contributed by atoms with van der Waals surface area (Å²) in [5, 5.41) is 2.89. The second kappa shape index (κ2) is 8.38. The van der Waals surface area contributed by atoms with Gasteiger partial charge in [-0.15, -0.1) is 0 Å². The molecule has 0 bridgehead atoms. The molecule has 3 aromatic rings. The molecular formula is C20H21FN4O. The number of carbonyl (C=O) groups excluding carboxylic acids is 1. The smallest absolute Gasteiger partial charge is 0.252 e. The molecule has 2 heterocycles. The molecule has 3 rings (SSSR count). The fourth-order valence-corrected chi connectivity index (χ4v) is 2.76. The Morgan fingerprint density at radius 2 is 2.12 bits per heavy atom. The zero-order chi connectivity index (χ0) is 18.4. The molecule has 0 spiro atoms. The summed E-state index contributed by atoms with van der Waals surface area (Å²) in [6.07, 6.45) is 6.98. The molecular weight excluding hydrogens is 331 g/mol. The predicted molar refractivity (Wildman–Crippen MR) is 98.2 cm³/mol. The van der Waals surface area contributed by atoms with Crippen LogP contribution >= 0.6 is 0 Å². The van der Waals surface area contributed by atoms with Gasteiger partial charge in [-0.05, 0) is 30.7 Å². The minimum Gasteiger partial charge on any atom is -0.352 e. The first kappa shape index (κ1) is 17.8. The number of hydrogen-bond donors (Lipinski definition) is 1. The van der Waals surface area contributed by atoms with Gasteiger partial charge in [0.15, 0.2) is 0 Å². The van der Waals surface area contributed by atoms with E-state index in [9.17, 15) is 9.18 Å². The lowest BCUT2D eigenvalue weighted by molar-refractivity contribution is 0.0952. The molecule has 0 saturated carbocycles. The Hall–Kier alpha value is -3.02. The first-order valence-corrected chi connectivity index (χ1v) is 8.67. The van der Waals surface area contributed by atoms with Crippen molar-refractivity contribution in [3.05, 3.63) is 72.2 Å². The Kier molecular flexibility index (Phi) is 5.73. The fourth-order valence-electron chi connectivity index (χ4n) is 2.76. The molecule has 1 amide bonds. The van der Waals surface area contributed by atoms with Gasteiger partial charge >= 0.3 is 0 Å². The summed E-state index contributed by atoms with van der Waals surface area (Å²) in [5.74, 6) is 0.577. The molecule has 0 fully saturated rings. The average molecular weight is 352 g/mol. The van der Waals surface area contributed by atoms with E-state index in [2.05, 4.69) is 26.8 Å². The number of rotatable bonds is 7. The molecule has 2 aromatic heterocycles. The third-order valence-corrected chi connectivity index (χ3v) is 4.13. The van der Waals surface area contributed by atoms with Crippen molar-refractivity contribution in [2.45, 2.75) is 26.3 Å². The van der Waals surface area contributed by atoms with Crippen LogP contribution in [0.15, 0.2) is 55.0 Å². The van der Waals surface area contributed by atoms with Gasteiger partial charge in [-0.3, -0.25) is 9.78 Å². The maximum Gasteiger partial charge on any atom is 0.252 e. The van der Waals surface area contributed by atoms with Crippen LogP contribution in [0.1, 0.15) is 29.5 Å². The lowest BCUT2D eigenvalue weighted by Crippen LogP contribution is -2.25. The monoisotopic (exact) mass is 352 g/mol. The molecule has 6 heteroatoms. The van der Waals surface area contributed by atoms with Crippen LogP contribution in [0.25, 0.3) is 11.3 Å². The minimum absolute atomic E-state index is 0.162. The summed E-state index contributed by atoms with van der Waals surface area (Å²) in [7, 11) is 0. The number of nitrogens with one attached hydrogen (secondary N) is 1. The number of carbonyl (C=O) groups is 1. The van der Waals surface area contributed by atoms with Crippen molar-refractivity contribution in [3.8, 4) is 11.3 Å². The molecule has 1 aromatic carbocycles. The maximum absolute atomic E-state index is 13.3. The summed E-state index contributed by atoms with van der Waals surface area (Å²) in [4.78, 5) is 20.7. The number of benzene rings is 1. The number of amides is 1. The zero-order valence-corrected chi connectivity index (χ0v) is 14.7. The van der Waals surface area contributed by atoms with Crippen molar-refractivity contribution in [2.24, 2.45) is 0 Å². The molecule has 0 radical (unpaired) electrons. The van der Waals surface area contributed by atoms with E-state index in [1.807, 2.05) is 6.20 Å². The lowest BCUT2D eigenvalue weighted by Gasteiger charge is -2.08. The number of imidazole rings is 1. The molecule has 5 nitrogen and oxygen atoms in total. The van der Waals surface area contributed by atoms with Crippen LogP contribution in [0, 0.1) is 5.82 Å². The van der Waals surface area contributed by atoms with Crippen LogP contribution < -0.4 is 5.32 Å². The average Bonchev–Trinajstić information content (AvgIpc) is 3.13. The van der Waals surface area contributed by atoms with E-state index in [1.54, 1.807) is 30.5 Å². The van der Waals surface area contributed by atoms with Crippen LogP contribution in [-0.2, 0) is 13.0 Å². The van der Waals surface area contributed by atoms with Gasteiger partial charge in [0.2, 0.25) is 0 Å². The van der Waals surface area contributed by atoms with Crippen molar-refractivity contribution in [1.82, 2.24) is 19.9 Å². The van der Waals surface area contributed by atoms with Crippen molar-refractivity contribution >= 4 is 5.91 Å². The van der Waals surface area contributed by atoms with E-state index < -0.39 is 0 Å². The van der Waals surface area contributed by atoms with Crippen LogP contribution in [-0.4, -0.2) is 27.0 Å². The fraction of sp³-hybridized carbons (Fsp3) is 0.250. The highest BCUT2D eigenvalue weighted by Gasteiger charge is 2.07. The Labute approximate surface area is 151 Å². The Morgan fingerprint density at radius 3 is 2.85 bits per heavy atom. The molecule has 0 aliphatic carbocycles. The van der Waals surface area contributed by atoms with Crippen LogP contribution in [0.4, 0.5) is 4.39 Å².